The van der Waals surface area contributed by atoms with Gasteiger partial charge in [0.05, 0.1) is 5.56 Å². The number of hydrogen-bond acceptors (Lipinski definition) is 3. The second kappa shape index (κ2) is 4.00. The molecule has 0 saturated carbocycles. The van der Waals surface area contributed by atoms with Crippen LogP contribution in [0.5, 0.6) is 0 Å². The number of aryl methyl sites for hydroxylation is 1. The molecule has 0 unspecified atom stereocenters. The highest BCUT2D eigenvalue weighted by Gasteiger charge is 2.23. The summed E-state index contributed by atoms with van der Waals surface area (Å²) >= 11 is 0. The van der Waals surface area contributed by atoms with E-state index in [0.717, 1.165) is 6.07 Å². The number of carboxylic acids is 1. The minimum Gasteiger partial charge on any atom is -0.478 e. The van der Waals surface area contributed by atoms with Crippen LogP contribution in [0.15, 0.2) is 6.07 Å². The lowest BCUT2D eigenvalue weighted by Crippen LogP contribution is -2.09. The summed E-state index contributed by atoms with van der Waals surface area (Å²) in [6.07, 6.45) is -3.01. The smallest absolute Gasteiger partial charge is 0.339 e. The molecule has 0 spiro atoms. The highest BCUT2D eigenvalue weighted by molar-refractivity contribution is 5.92. The predicted molar refractivity (Wildman–Crippen MR) is 45.6 cm³/mol. The average molecular weight is 212 g/mol. The van der Waals surface area contributed by atoms with Crippen LogP contribution in [0.4, 0.5) is 8.78 Å². The Morgan fingerprint density at radius 2 is 2.27 bits per heavy atom. The zero-order valence-electron chi connectivity index (χ0n) is 7.66. The molecule has 0 radical (unpaired) electrons. The summed E-state index contributed by atoms with van der Waals surface area (Å²) in [4.78, 5) is 14.1. The second-order valence-electron chi connectivity index (χ2n) is 2.79. The molecule has 0 amide bonds. The van der Waals surface area contributed by atoms with E-state index in [4.69, 9.17) is 10.4 Å². The first-order valence-electron chi connectivity index (χ1n) is 3.90. The van der Waals surface area contributed by atoms with Crippen LogP contribution in [0.2, 0.25) is 0 Å². The lowest BCUT2D eigenvalue weighted by Gasteiger charge is -2.06. The van der Waals surface area contributed by atoms with Gasteiger partial charge < -0.3 is 5.11 Å². The lowest BCUT2D eigenvalue weighted by molar-refractivity contribution is 0.0682. The molecular weight excluding hydrogens is 206 g/mol. The van der Waals surface area contributed by atoms with Crippen LogP contribution in [0.3, 0.4) is 0 Å². The van der Waals surface area contributed by atoms with Crippen molar-refractivity contribution in [3.05, 3.63) is 28.6 Å². The van der Waals surface area contributed by atoms with Gasteiger partial charge in [-0.3, -0.25) is 4.98 Å². The van der Waals surface area contributed by atoms with Gasteiger partial charge in [0.25, 0.3) is 6.43 Å². The fourth-order valence-corrected chi connectivity index (χ4v) is 1.17. The third-order valence-corrected chi connectivity index (χ3v) is 1.72. The van der Waals surface area contributed by atoms with Gasteiger partial charge >= 0.3 is 5.97 Å². The first-order chi connectivity index (χ1) is 6.97. The largest absolute Gasteiger partial charge is 0.478 e. The van der Waals surface area contributed by atoms with E-state index in [9.17, 15) is 13.6 Å². The molecule has 0 saturated heterocycles. The van der Waals surface area contributed by atoms with Gasteiger partial charge in [-0.2, -0.15) is 5.26 Å². The van der Waals surface area contributed by atoms with Gasteiger partial charge in [-0.1, -0.05) is 0 Å². The van der Waals surface area contributed by atoms with E-state index in [0.29, 0.717) is 0 Å². The van der Waals surface area contributed by atoms with Crippen molar-refractivity contribution in [3.8, 4) is 6.07 Å². The number of nitriles is 1. The summed E-state index contributed by atoms with van der Waals surface area (Å²) in [5.74, 6) is -1.57. The van der Waals surface area contributed by atoms with Crippen molar-refractivity contribution in [3.63, 3.8) is 0 Å². The van der Waals surface area contributed by atoms with Crippen molar-refractivity contribution >= 4 is 5.97 Å². The quantitative estimate of drug-likeness (QED) is 0.812. The van der Waals surface area contributed by atoms with E-state index < -0.39 is 23.7 Å². The summed E-state index contributed by atoms with van der Waals surface area (Å²) in [7, 11) is 0. The van der Waals surface area contributed by atoms with Crippen LogP contribution in [0, 0.1) is 18.3 Å². The molecule has 78 valence electrons. The standard InChI is InChI=1S/C9H6F2N2O2/c1-4-2-5(3-12)6(9(14)15)7(13-4)8(10)11/h2,8H,1H3,(H,14,15). The summed E-state index contributed by atoms with van der Waals surface area (Å²) in [5, 5.41) is 17.3. The van der Waals surface area contributed by atoms with E-state index in [1.165, 1.54) is 6.92 Å². The highest BCUT2D eigenvalue weighted by Crippen LogP contribution is 2.24. The number of aromatic carboxylic acids is 1. The first kappa shape index (κ1) is 11.0. The molecule has 0 bridgehead atoms. The molecule has 6 heteroatoms. The molecule has 0 atom stereocenters. The maximum absolute atomic E-state index is 12.4. The fourth-order valence-electron chi connectivity index (χ4n) is 1.17. The van der Waals surface area contributed by atoms with Crippen LogP contribution in [0.1, 0.15) is 33.7 Å². The van der Waals surface area contributed by atoms with E-state index in [1.54, 1.807) is 6.07 Å². The monoisotopic (exact) mass is 212 g/mol. The topological polar surface area (TPSA) is 74.0 Å². The van der Waals surface area contributed by atoms with Gasteiger partial charge in [0.15, 0.2) is 0 Å². The second-order valence-corrected chi connectivity index (χ2v) is 2.79. The Kier molecular flexibility index (Phi) is 2.95. The number of carboxylic acid groups (broad SMARTS) is 1. The summed E-state index contributed by atoms with van der Waals surface area (Å²) in [6.45, 7) is 1.42. The van der Waals surface area contributed by atoms with Crippen molar-refractivity contribution in [1.82, 2.24) is 4.98 Å². The molecule has 0 fully saturated rings. The van der Waals surface area contributed by atoms with Crippen LogP contribution in [-0.2, 0) is 0 Å². The van der Waals surface area contributed by atoms with Crippen LogP contribution >= 0.6 is 0 Å². The number of carbonyl (C=O) groups is 1. The first-order valence-corrected chi connectivity index (χ1v) is 3.90. The number of aromatic nitrogens is 1. The number of hydrogen-bond donors (Lipinski definition) is 1. The number of rotatable bonds is 2. The average Bonchev–Trinajstić information content (AvgIpc) is 2.15. The summed E-state index contributed by atoms with van der Waals surface area (Å²) < 4.78 is 24.9. The predicted octanol–water partition coefficient (Wildman–Crippen LogP) is 1.90. The molecule has 1 aromatic heterocycles. The minimum absolute atomic E-state index is 0.187. The Bertz CT molecular complexity index is 452. The Hall–Kier alpha value is -2.03. The molecule has 15 heavy (non-hydrogen) atoms. The van der Waals surface area contributed by atoms with Crippen molar-refractivity contribution < 1.29 is 18.7 Å². The zero-order chi connectivity index (χ0) is 11.6. The molecule has 1 N–H and O–H groups in total. The van der Waals surface area contributed by atoms with Crippen LogP contribution < -0.4 is 0 Å². The van der Waals surface area contributed by atoms with Gasteiger partial charge in [-0.15, -0.1) is 0 Å². The molecule has 0 aromatic carbocycles. The maximum atomic E-state index is 12.4. The Balaban J connectivity index is 3.56. The van der Waals surface area contributed by atoms with Crippen LogP contribution in [-0.4, -0.2) is 16.1 Å². The Morgan fingerprint density at radius 1 is 1.67 bits per heavy atom. The molecule has 0 aliphatic carbocycles. The molecule has 0 aliphatic rings. The van der Waals surface area contributed by atoms with Crippen molar-refractivity contribution in [2.45, 2.75) is 13.3 Å². The van der Waals surface area contributed by atoms with E-state index in [2.05, 4.69) is 4.98 Å². The van der Waals surface area contributed by atoms with E-state index >= 15 is 0 Å². The van der Waals surface area contributed by atoms with Gasteiger partial charge in [0.2, 0.25) is 0 Å². The van der Waals surface area contributed by atoms with Gasteiger partial charge in [0.1, 0.15) is 17.3 Å². The highest BCUT2D eigenvalue weighted by atomic mass is 19.3. The SMILES string of the molecule is Cc1cc(C#N)c(C(=O)O)c(C(F)F)n1. The number of alkyl halides is 2. The molecule has 1 rings (SSSR count). The Morgan fingerprint density at radius 3 is 2.67 bits per heavy atom. The van der Waals surface area contributed by atoms with E-state index in [1.807, 2.05) is 0 Å². The van der Waals surface area contributed by atoms with Crippen LogP contribution in [0.25, 0.3) is 0 Å². The third kappa shape index (κ3) is 2.07. The van der Waals surface area contributed by atoms with Gasteiger partial charge in [-0.05, 0) is 13.0 Å². The molecule has 4 nitrogen and oxygen atoms in total. The normalized spacial score (nSPS) is 10.1. The lowest BCUT2D eigenvalue weighted by atomic mass is 10.1. The fraction of sp³-hybridized carbons (Fsp3) is 0.222. The molecular formula is C9H6F2N2O2. The minimum atomic E-state index is -3.01. The van der Waals surface area contributed by atoms with Gasteiger partial charge in [0, 0.05) is 5.69 Å². The number of nitrogens with zero attached hydrogens (tertiary/aromatic N) is 2. The van der Waals surface area contributed by atoms with Crippen molar-refractivity contribution in [2.24, 2.45) is 0 Å². The number of pyridine rings is 1. The summed E-state index contributed by atoms with van der Waals surface area (Å²) in [5.41, 5.74) is -1.70. The Labute approximate surface area is 83.8 Å². The molecule has 1 aromatic rings. The third-order valence-electron chi connectivity index (χ3n) is 1.72. The summed E-state index contributed by atoms with van der Waals surface area (Å²) in [6, 6.07) is 2.72. The molecule has 1 heterocycles. The molecule has 0 aliphatic heterocycles. The zero-order valence-corrected chi connectivity index (χ0v) is 7.66. The maximum Gasteiger partial charge on any atom is 0.339 e. The number of halogens is 2. The van der Waals surface area contributed by atoms with Crippen molar-refractivity contribution in [1.29, 1.82) is 5.26 Å². The van der Waals surface area contributed by atoms with Gasteiger partial charge in [-0.25, -0.2) is 13.6 Å². The van der Waals surface area contributed by atoms with Crippen molar-refractivity contribution in [2.75, 3.05) is 0 Å². The van der Waals surface area contributed by atoms with E-state index in [-0.39, 0.29) is 11.3 Å².